The summed E-state index contributed by atoms with van der Waals surface area (Å²) in [7, 11) is 2.06. The van der Waals surface area contributed by atoms with Crippen LogP contribution in [0.25, 0.3) is 0 Å². The van der Waals surface area contributed by atoms with Crippen LogP contribution in [0, 0.1) is 11.8 Å². The third kappa shape index (κ3) is 2.19. The highest BCUT2D eigenvalue weighted by molar-refractivity contribution is 5.69. The summed E-state index contributed by atoms with van der Waals surface area (Å²) in [5.74, 6) is -0.223. The molecule has 1 rings (SSSR count). The second-order valence-corrected chi connectivity index (χ2v) is 3.56. The fourth-order valence-electron chi connectivity index (χ4n) is 1.58. The molecule has 0 aliphatic carbocycles. The molecular weight excluding hydrogens is 142 g/mol. The van der Waals surface area contributed by atoms with Gasteiger partial charge in [-0.25, -0.2) is 0 Å². The van der Waals surface area contributed by atoms with Gasteiger partial charge in [0.1, 0.15) is 0 Å². The molecule has 0 radical (unpaired) electrons. The number of carboxylic acids is 1. The summed E-state index contributed by atoms with van der Waals surface area (Å²) in [6, 6.07) is 0. The molecule has 1 atom stereocenters. The van der Waals surface area contributed by atoms with Crippen molar-refractivity contribution in [3.05, 3.63) is 0 Å². The average molecular weight is 157 g/mol. The molecule has 3 nitrogen and oxygen atoms in total. The van der Waals surface area contributed by atoms with Crippen molar-refractivity contribution in [2.45, 2.75) is 13.3 Å². The Kier molecular flexibility index (Phi) is 2.49. The van der Waals surface area contributed by atoms with Crippen molar-refractivity contribution in [3.63, 3.8) is 0 Å². The molecule has 0 aromatic rings. The quantitative estimate of drug-likeness (QED) is 0.654. The van der Waals surface area contributed by atoms with Crippen LogP contribution in [0.1, 0.15) is 13.3 Å². The minimum absolute atomic E-state index is 0.173. The number of rotatable bonds is 3. The first kappa shape index (κ1) is 8.53. The third-order valence-corrected chi connectivity index (χ3v) is 2.25. The highest BCUT2D eigenvalue weighted by atomic mass is 16.4. The maximum Gasteiger partial charge on any atom is 0.306 e. The van der Waals surface area contributed by atoms with Crippen LogP contribution < -0.4 is 0 Å². The molecule has 3 heteroatoms. The van der Waals surface area contributed by atoms with Crippen LogP contribution in [0.15, 0.2) is 0 Å². The minimum Gasteiger partial charge on any atom is -0.481 e. The van der Waals surface area contributed by atoms with Gasteiger partial charge in [0.05, 0.1) is 5.92 Å². The summed E-state index contributed by atoms with van der Waals surface area (Å²) in [6.07, 6.45) is 0.833. The van der Waals surface area contributed by atoms with Crippen molar-refractivity contribution in [2.24, 2.45) is 11.8 Å². The Bertz CT molecular complexity index is 152. The Hall–Kier alpha value is -0.570. The van der Waals surface area contributed by atoms with Crippen LogP contribution in [0.5, 0.6) is 0 Å². The van der Waals surface area contributed by atoms with Gasteiger partial charge in [-0.1, -0.05) is 6.92 Å². The predicted octanol–water partition coefficient (Wildman–Crippen LogP) is 0.659. The molecular formula is C8H15NO2. The first-order valence-electron chi connectivity index (χ1n) is 4.01. The maximum atomic E-state index is 10.4. The Balaban J connectivity index is 2.16. The highest BCUT2D eigenvalue weighted by Crippen LogP contribution is 2.21. The fraction of sp³-hybridized carbons (Fsp3) is 0.875. The van der Waals surface area contributed by atoms with Crippen molar-refractivity contribution in [3.8, 4) is 0 Å². The first-order valence-corrected chi connectivity index (χ1v) is 4.01. The highest BCUT2D eigenvalue weighted by Gasteiger charge is 2.26. The summed E-state index contributed by atoms with van der Waals surface area (Å²) < 4.78 is 0. The van der Waals surface area contributed by atoms with Gasteiger partial charge in [-0.05, 0) is 19.4 Å². The second kappa shape index (κ2) is 3.22. The topological polar surface area (TPSA) is 40.5 Å². The van der Waals surface area contributed by atoms with E-state index < -0.39 is 5.97 Å². The van der Waals surface area contributed by atoms with E-state index in [9.17, 15) is 4.79 Å². The van der Waals surface area contributed by atoms with E-state index in [2.05, 4.69) is 11.9 Å². The zero-order valence-corrected chi connectivity index (χ0v) is 7.08. The molecule has 1 fully saturated rings. The summed E-state index contributed by atoms with van der Waals surface area (Å²) >= 11 is 0. The molecule has 11 heavy (non-hydrogen) atoms. The Morgan fingerprint density at radius 2 is 2.27 bits per heavy atom. The molecule has 1 heterocycles. The smallest absolute Gasteiger partial charge is 0.306 e. The standard InChI is InChI=1S/C8H15NO2/c1-6(8(10)11)3-7-4-9(2)5-7/h6-7H,3-5H2,1-2H3,(H,10,11). The van der Waals surface area contributed by atoms with Crippen molar-refractivity contribution < 1.29 is 9.90 Å². The monoisotopic (exact) mass is 157 g/mol. The summed E-state index contributed by atoms with van der Waals surface area (Å²) in [4.78, 5) is 12.7. The van der Waals surface area contributed by atoms with E-state index in [1.165, 1.54) is 0 Å². The van der Waals surface area contributed by atoms with Crippen LogP contribution in [-0.2, 0) is 4.79 Å². The van der Waals surface area contributed by atoms with Gasteiger partial charge in [0, 0.05) is 13.1 Å². The Morgan fingerprint density at radius 1 is 1.73 bits per heavy atom. The Morgan fingerprint density at radius 3 is 2.64 bits per heavy atom. The number of aliphatic carboxylic acids is 1. The van der Waals surface area contributed by atoms with E-state index in [-0.39, 0.29) is 5.92 Å². The van der Waals surface area contributed by atoms with Crippen molar-refractivity contribution in [1.82, 2.24) is 4.90 Å². The number of carboxylic acid groups (broad SMARTS) is 1. The lowest BCUT2D eigenvalue weighted by Gasteiger charge is -2.37. The van der Waals surface area contributed by atoms with Crippen molar-refractivity contribution in [1.29, 1.82) is 0 Å². The number of nitrogens with zero attached hydrogens (tertiary/aromatic N) is 1. The van der Waals surface area contributed by atoms with Gasteiger partial charge in [-0.3, -0.25) is 4.79 Å². The van der Waals surface area contributed by atoms with Gasteiger partial charge in [0.25, 0.3) is 0 Å². The second-order valence-electron chi connectivity index (χ2n) is 3.56. The average Bonchev–Trinajstić information content (AvgIpc) is 1.84. The van der Waals surface area contributed by atoms with Crippen LogP contribution in [-0.4, -0.2) is 36.1 Å². The van der Waals surface area contributed by atoms with Gasteiger partial charge in [-0.2, -0.15) is 0 Å². The lowest BCUT2D eigenvalue weighted by atomic mass is 9.90. The van der Waals surface area contributed by atoms with Gasteiger partial charge >= 0.3 is 5.97 Å². The molecule has 1 unspecified atom stereocenters. The zero-order valence-electron chi connectivity index (χ0n) is 7.08. The molecule has 0 spiro atoms. The number of carbonyl (C=O) groups is 1. The van der Waals surface area contributed by atoms with Crippen molar-refractivity contribution in [2.75, 3.05) is 20.1 Å². The molecule has 0 amide bonds. The van der Waals surface area contributed by atoms with E-state index in [1.54, 1.807) is 6.92 Å². The van der Waals surface area contributed by atoms with E-state index in [1.807, 2.05) is 0 Å². The molecule has 64 valence electrons. The lowest BCUT2D eigenvalue weighted by Crippen LogP contribution is -2.44. The van der Waals surface area contributed by atoms with Crippen LogP contribution in [0.3, 0.4) is 0 Å². The number of hydrogen-bond donors (Lipinski definition) is 1. The molecule has 0 aromatic carbocycles. The Labute approximate surface area is 67.0 Å². The van der Waals surface area contributed by atoms with E-state index >= 15 is 0 Å². The molecule has 1 saturated heterocycles. The number of likely N-dealkylation sites (tertiary alicyclic amines) is 1. The predicted molar refractivity (Wildman–Crippen MR) is 42.4 cm³/mol. The largest absolute Gasteiger partial charge is 0.481 e. The van der Waals surface area contributed by atoms with E-state index in [0.29, 0.717) is 5.92 Å². The van der Waals surface area contributed by atoms with Crippen molar-refractivity contribution >= 4 is 5.97 Å². The third-order valence-electron chi connectivity index (χ3n) is 2.25. The fourth-order valence-corrected chi connectivity index (χ4v) is 1.58. The molecule has 0 aromatic heterocycles. The number of hydrogen-bond acceptors (Lipinski definition) is 2. The zero-order chi connectivity index (χ0) is 8.43. The van der Waals surface area contributed by atoms with Gasteiger partial charge in [-0.15, -0.1) is 0 Å². The molecule has 0 bridgehead atoms. The van der Waals surface area contributed by atoms with Crippen LogP contribution in [0.2, 0.25) is 0 Å². The summed E-state index contributed by atoms with van der Waals surface area (Å²) in [5, 5.41) is 8.60. The van der Waals surface area contributed by atoms with Crippen LogP contribution in [0.4, 0.5) is 0 Å². The minimum atomic E-state index is -0.667. The lowest BCUT2D eigenvalue weighted by molar-refractivity contribution is -0.142. The molecule has 1 N–H and O–H groups in total. The van der Waals surface area contributed by atoms with E-state index in [0.717, 1.165) is 19.5 Å². The summed E-state index contributed by atoms with van der Waals surface area (Å²) in [6.45, 7) is 3.91. The van der Waals surface area contributed by atoms with Gasteiger partial charge < -0.3 is 10.0 Å². The first-order chi connectivity index (χ1) is 5.09. The maximum absolute atomic E-state index is 10.4. The molecule has 0 saturated carbocycles. The van der Waals surface area contributed by atoms with Crippen LogP contribution >= 0.6 is 0 Å². The van der Waals surface area contributed by atoms with Gasteiger partial charge in [0.2, 0.25) is 0 Å². The SMILES string of the molecule is CC(CC1CN(C)C1)C(=O)O. The normalized spacial score (nSPS) is 22.7. The van der Waals surface area contributed by atoms with E-state index in [4.69, 9.17) is 5.11 Å². The molecule has 1 aliphatic heterocycles. The summed E-state index contributed by atoms with van der Waals surface area (Å²) in [5.41, 5.74) is 0. The van der Waals surface area contributed by atoms with Gasteiger partial charge in [0.15, 0.2) is 0 Å². The molecule has 1 aliphatic rings.